The molecule has 1 amide bonds. The third-order valence-electron chi connectivity index (χ3n) is 4.59. The zero-order chi connectivity index (χ0) is 13.7. The maximum atomic E-state index is 12.2. The van der Waals surface area contributed by atoms with E-state index < -0.39 is 0 Å². The molecular formula is C14H27N3O2. The first-order chi connectivity index (χ1) is 9.14. The van der Waals surface area contributed by atoms with E-state index in [4.69, 9.17) is 4.74 Å². The van der Waals surface area contributed by atoms with Crippen LogP contribution in [0.3, 0.4) is 0 Å². The molecule has 19 heavy (non-hydrogen) atoms. The summed E-state index contributed by atoms with van der Waals surface area (Å²) in [7, 11) is 4.19. The van der Waals surface area contributed by atoms with Crippen molar-refractivity contribution in [2.75, 3.05) is 40.4 Å². The first-order valence-corrected chi connectivity index (χ1v) is 7.40. The van der Waals surface area contributed by atoms with Crippen LogP contribution in [0.25, 0.3) is 0 Å². The van der Waals surface area contributed by atoms with Crippen LogP contribution in [0.4, 0.5) is 0 Å². The van der Waals surface area contributed by atoms with E-state index in [9.17, 15) is 4.79 Å². The highest BCUT2D eigenvalue weighted by molar-refractivity contribution is 5.81. The predicted molar refractivity (Wildman–Crippen MR) is 75.1 cm³/mol. The maximum absolute atomic E-state index is 12.2. The number of nitrogens with one attached hydrogen (secondary N) is 2. The summed E-state index contributed by atoms with van der Waals surface area (Å²) >= 11 is 0. The van der Waals surface area contributed by atoms with Crippen molar-refractivity contribution >= 4 is 5.91 Å². The smallest absolute Gasteiger partial charge is 0.237 e. The van der Waals surface area contributed by atoms with Gasteiger partial charge < -0.3 is 20.3 Å². The predicted octanol–water partition coefficient (Wildman–Crippen LogP) is 0.356. The van der Waals surface area contributed by atoms with E-state index in [1.807, 2.05) is 0 Å². The molecule has 0 saturated carbocycles. The summed E-state index contributed by atoms with van der Waals surface area (Å²) in [6.07, 6.45) is 5.27. The lowest BCUT2D eigenvalue weighted by Crippen LogP contribution is -2.58. The summed E-state index contributed by atoms with van der Waals surface area (Å²) in [6.45, 7) is 3.26. The average molecular weight is 269 g/mol. The SMILES string of the molecule is CN(C)C1(CNC(=O)[C@H]2CCCCN2)CCOCC1. The molecule has 110 valence electrons. The highest BCUT2D eigenvalue weighted by Crippen LogP contribution is 2.25. The van der Waals surface area contributed by atoms with Gasteiger partial charge in [-0.3, -0.25) is 4.79 Å². The molecule has 2 aliphatic rings. The van der Waals surface area contributed by atoms with Crippen molar-refractivity contribution in [2.24, 2.45) is 0 Å². The Morgan fingerprint density at radius 3 is 2.68 bits per heavy atom. The Morgan fingerprint density at radius 2 is 2.11 bits per heavy atom. The molecule has 0 spiro atoms. The Balaban J connectivity index is 1.86. The number of hydrogen-bond acceptors (Lipinski definition) is 4. The number of nitrogens with zero attached hydrogens (tertiary/aromatic N) is 1. The lowest BCUT2D eigenvalue weighted by atomic mass is 9.88. The van der Waals surface area contributed by atoms with Crippen LogP contribution >= 0.6 is 0 Å². The largest absolute Gasteiger partial charge is 0.381 e. The number of carbonyl (C=O) groups is 1. The molecule has 0 aromatic carbocycles. The molecule has 2 fully saturated rings. The van der Waals surface area contributed by atoms with Gasteiger partial charge in [-0.15, -0.1) is 0 Å². The monoisotopic (exact) mass is 269 g/mol. The van der Waals surface area contributed by atoms with Gasteiger partial charge in [0.05, 0.1) is 6.04 Å². The van der Waals surface area contributed by atoms with Crippen molar-refractivity contribution in [1.29, 1.82) is 0 Å². The van der Waals surface area contributed by atoms with Crippen LogP contribution in [0.1, 0.15) is 32.1 Å². The van der Waals surface area contributed by atoms with Gasteiger partial charge in [0.25, 0.3) is 0 Å². The minimum absolute atomic E-state index is 0.00722. The number of ether oxygens (including phenoxy) is 1. The second kappa shape index (κ2) is 6.68. The van der Waals surface area contributed by atoms with Crippen molar-refractivity contribution < 1.29 is 9.53 Å². The molecule has 2 N–H and O–H groups in total. The molecule has 0 bridgehead atoms. The molecule has 5 nitrogen and oxygen atoms in total. The van der Waals surface area contributed by atoms with Gasteiger partial charge in [0, 0.05) is 25.3 Å². The molecule has 2 heterocycles. The topological polar surface area (TPSA) is 53.6 Å². The Hall–Kier alpha value is -0.650. The number of piperidine rings is 1. The van der Waals surface area contributed by atoms with Gasteiger partial charge in [-0.2, -0.15) is 0 Å². The third-order valence-corrected chi connectivity index (χ3v) is 4.59. The Labute approximate surface area is 116 Å². The zero-order valence-corrected chi connectivity index (χ0v) is 12.2. The van der Waals surface area contributed by atoms with Gasteiger partial charge in [-0.05, 0) is 46.3 Å². The Kier molecular flexibility index (Phi) is 5.19. The van der Waals surface area contributed by atoms with Crippen LogP contribution in [0.2, 0.25) is 0 Å². The summed E-state index contributed by atoms with van der Waals surface area (Å²) in [5.74, 6) is 0.160. The second-order valence-corrected chi connectivity index (χ2v) is 5.95. The quantitative estimate of drug-likeness (QED) is 0.773. The Morgan fingerprint density at radius 1 is 1.37 bits per heavy atom. The summed E-state index contributed by atoms with van der Waals surface area (Å²) in [5, 5.41) is 6.44. The van der Waals surface area contributed by atoms with E-state index in [1.54, 1.807) is 0 Å². The minimum Gasteiger partial charge on any atom is -0.381 e. The van der Waals surface area contributed by atoms with Crippen LogP contribution in [-0.4, -0.2) is 62.8 Å². The average Bonchev–Trinajstić information content (AvgIpc) is 2.46. The van der Waals surface area contributed by atoms with Gasteiger partial charge in [-0.1, -0.05) is 6.42 Å². The van der Waals surface area contributed by atoms with Crippen LogP contribution in [0.5, 0.6) is 0 Å². The molecule has 2 aliphatic heterocycles. The summed E-state index contributed by atoms with van der Waals surface area (Å²) in [5.41, 5.74) is 0.0581. The number of rotatable bonds is 4. The molecule has 0 unspecified atom stereocenters. The van der Waals surface area contributed by atoms with Crippen LogP contribution < -0.4 is 10.6 Å². The summed E-state index contributed by atoms with van der Waals surface area (Å²) < 4.78 is 5.45. The van der Waals surface area contributed by atoms with Gasteiger partial charge in [0.1, 0.15) is 0 Å². The van der Waals surface area contributed by atoms with Gasteiger partial charge in [0.2, 0.25) is 5.91 Å². The van der Waals surface area contributed by atoms with Crippen molar-refractivity contribution in [3.05, 3.63) is 0 Å². The molecule has 5 heteroatoms. The second-order valence-electron chi connectivity index (χ2n) is 5.95. The maximum Gasteiger partial charge on any atom is 0.237 e. The van der Waals surface area contributed by atoms with E-state index in [-0.39, 0.29) is 17.5 Å². The molecule has 0 aromatic rings. The lowest BCUT2D eigenvalue weighted by Gasteiger charge is -2.43. The van der Waals surface area contributed by atoms with Gasteiger partial charge >= 0.3 is 0 Å². The summed E-state index contributed by atoms with van der Waals surface area (Å²) in [4.78, 5) is 14.4. The molecule has 1 atom stereocenters. The van der Waals surface area contributed by atoms with Crippen LogP contribution in [0, 0.1) is 0 Å². The van der Waals surface area contributed by atoms with E-state index >= 15 is 0 Å². The minimum atomic E-state index is 0.00722. The van der Waals surface area contributed by atoms with E-state index in [1.165, 1.54) is 6.42 Å². The fraction of sp³-hybridized carbons (Fsp3) is 0.929. The number of amides is 1. The molecule has 2 saturated heterocycles. The summed E-state index contributed by atoms with van der Waals surface area (Å²) in [6, 6.07) is 0.00722. The number of carbonyl (C=O) groups excluding carboxylic acids is 1. The standard InChI is InChI=1S/C14H27N3O2/c1-17(2)14(6-9-19-10-7-14)11-16-13(18)12-5-3-4-8-15-12/h12,15H,3-11H2,1-2H3,(H,16,18)/t12-/m1/s1. The van der Waals surface area contributed by atoms with E-state index in [0.717, 1.165) is 52.0 Å². The van der Waals surface area contributed by atoms with Crippen molar-refractivity contribution in [3.8, 4) is 0 Å². The van der Waals surface area contributed by atoms with Gasteiger partial charge in [-0.25, -0.2) is 0 Å². The molecule has 2 rings (SSSR count). The zero-order valence-electron chi connectivity index (χ0n) is 12.2. The lowest BCUT2D eigenvalue weighted by molar-refractivity contribution is -0.124. The Bertz CT molecular complexity index is 295. The van der Waals surface area contributed by atoms with Gasteiger partial charge in [0.15, 0.2) is 0 Å². The first kappa shape index (κ1) is 14.8. The molecular weight excluding hydrogens is 242 g/mol. The van der Waals surface area contributed by atoms with E-state index in [2.05, 4.69) is 29.6 Å². The fourth-order valence-corrected chi connectivity index (χ4v) is 2.98. The van der Waals surface area contributed by atoms with E-state index in [0.29, 0.717) is 0 Å². The molecule has 0 aliphatic carbocycles. The van der Waals surface area contributed by atoms with Crippen LogP contribution in [0.15, 0.2) is 0 Å². The van der Waals surface area contributed by atoms with Crippen molar-refractivity contribution in [3.63, 3.8) is 0 Å². The fourth-order valence-electron chi connectivity index (χ4n) is 2.98. The van der Waals surface area contributed by atoms with Crippen LogP contribution in [-0.2, 0) is 9.53 Å². The first-order valence-electron chi connectivity index (χ1n) is 7.40. The molecule has 0 aromatic heterocycles. The highest BCUT2D eigenvalue weighted by Gasteiger charge is 2.35. The van der Waals surface area contributed by atoms with Crippen molar-refractivity contribution in [1.82, 2.24) is 15.5 Å². The molecule has 0 radical (unpaired) electrons. The number of hydrogen-bond donors (Lipinski definition) is 2. The highest BCUT2D eigenvalue weighted by atomic mass is 16.5. The third kappa shape index (κ3) is 3.68. The number of likely N-dealkylation sites (N-methyl/N-ethyl adjacent to an activating group) is 1. The van der Waals surface area contributed by atoms with Crippen molar-refractivity contribution in [2.45, 2.75) is 43.7 Å². The normalized spacial score (nSPS) is 27.2.